The van der Waals surface area contributed by atoms with Crippen molar-refractivity contribution in [3.05, 3.63) is 78.2 Å². The number of carbonyl (C=O) groups is 3. The van der Waals surface area contributed by atoms with Gasteiger partial charge in [0.15, 0.2) is 5.13 Å². The van der Waals surface area contributed by atoms with Crippen LogP contribution in [0.4, 0.5) is 10.8 Å². The molecule has 0 bridgehead atoms. The van der Waals surface area contributed by atoms with Gasteiger partial charge in [-0.15, -0.1) is 17.9 Å². The molecule has 6 nitrogen and oxygen atoms in total. The van der Waals surface area contributed by atoms with Crippen molar-refractivity contribution in [2.75, 3.05) is 16.3 Å². The molecule has 4 rings (SSSR count). The highest BCUT2D eigenvalue weighted by molar-refractivity contribution is 7.14. The highest BCUT2D eigenvalue weighted by atomic mass is 32.1. The van der Waals surface area contributed by atoms with Gasteiger partial charge in [0.25, 0.3) is 5.91 Å². The summed E-state index contributed by atoms with van der Waals surface area (Å²) in [5, 5.41) is 2.49. The Kier molecular flexibility index (Phi) is 5.54. The van der Waals surface area contributed by atoms with E-state index in [1.165, 1.54) is 16.2 Å². The summed E-state index contributed by atoms with van der Waals surface area (Å²) in [6, 6.07) is 16.3. The van der Waals surface area contributed by atoms with E-state index >= 15 is 0 Å². The minimum atomic E-state index is -0.227. The van der Waals surface area contributed by atoms with Crippen molar-refractivity contribution < 1.29 is 14.4 Å². The summed E-state index contributed by atoms with van der Waals surface area (Å²) in [7, 11) is 0. The highest BCUT2D eigenvalue weighted by Gasteiger charge is 2.30. The summed E-state index contributed by atoms with van der Waals surface area (Å²) in [4.78, 5) is 44.3. The molecular formula is C23H19N3O3S. The van der Waals surface area contributed by atoms with Gasteiger partial charge < -0.3 is 0 Å². The second-order valence-corrected chi connectivity index (χ2v) is 7.59. The van der Waals surface area contributed by atoms with Crippen LogP contribution < -0.4 is 9.80 Å². The highest BCUT2D eigenvalue weighted by Crippen LogP contribution is 2.29. The molecule has 1 aliphatic rings. The van der Waals surface area contributed by atoms with Gasteiger partial charge in [-0.1, -0.05) is 36.4 Å². The fourth-order valence-corrected chi connectivity index (χ4v) is 4.12. The second-order valence-electron chi connectivity index (χ2n) is 6.76. The van der Waals surface area contributed by atoms with Crippen LogP contribution >= 0.6 is 11.3 Å². The average Bonchev–Trinajstić information content (AvgIpc) is 3.39. The maximum atomic E-state index is 13.1. The molecule has 3 amide bonds. The van der Waals surface area contributed by atoms with E-state index in [4.69, 9.17) is 0 Å². The lowest BCUT2D eigenvalue weighted by Crippen LogP contribution is -2.31. The lowest BCUT2D eigenvalue weighted by atomic mass is 10.1. The molecule has 0 atom stereocenters. The van der Waals surface area contributed by atoms with Crippen molar-refractivity contribution in [3.63, 3.8) is 0 Å². The SMILES string of the molecule is C=CCN(C(=O)c1ccc(N2C(=O)CCC2=O)cc1)c1nc(-c2ccccc2)cs1. The molecule has 2 heterocycles. The van der Waals surface area contributed by atoms with Crippen molar-refractivity contribution in [2.45, 2.75) is 12.8 Å². The van der Waals surface area contributed by atoms with Gasteiger partial charge in [0.05, 0.1) is 11.4 Å². The van der Waals surface area contributed by atoms with E-state index in [1.807, 2.05) is 35.7 Å². The molecule has 1 fully saturated rings. The summed E-state index contributed by atoms with van der Waals surface area (Å²) in [6.45, 7) is 4.06. The Morgan fingerprint density at radius 2 is 1.73 bits per heavy atom. The van der Waals surface area contributed by atoms with Crippen LogP contribution in [0.15, 0.2) is 72.6 Å². The number of aromatic nitrogens is 1. The number of hydrogen-bond acceptors (Lipinski definition) is 5. The molecule has 0 N–H and O–H groups in total. The number of rotatable bonds is 6. The molecule has 3 aromatic rings. The van der Waals surface area contributed by atoms with Gasteiger partial charge in [-0.25, -0.2) is 4.98 Å². The van der Waals surface area contributed by atoms with Gasteiger partial charge in [0.1, 0.15) is 0 Å². The van der Waals surface area contributed by atoms with Gasteiger partial charge >= 0.3 is 0 Å². The standard InChI is InChI=1S/C23H19N3O3S/c1-2-14-25(23-24-19(15-30-23)16-6-4-3-5-7-16)22(29)17-8-10-18(11-9-17)26-20(27)12-13-21(26)28/h2-11,15H,1,12-14H2. The summed E-state index contributed by atoms with van der Waals surface area (Å²) in [6.07, 6.45) is 2.10. The Labute approximate surface area is 178 Å². The third kappa shape index (κ3) is 3.79. The van der Waals surface area contributed by atoms with Crippen molar-refractivity contribution in [1.29, 1.82) is 0 Å². The number of anilines is 2. The number of carbonyl (C=O) groups excluding carboxylic acids is 3. The van der Waals surface area contributed by atoms with Crippen molar-refractivity contribution in [1.82, 2.24) is 4.98 Å². The third-order valence-electron chi connectivity index (χ3n) is 4.77. The van der Waals surface area contributed by atoms with E-state index in [9.17, 15) is 14.4 Å². The minimum absolute atomic E-state index is 0.219. The summed E-state index contributed by atoms with van der Waals surface area (Å²) in [5.41, 5.74) is 2.71. The molecular weight excluding hydrogens is 398 g/mol. The van der Waals surface area contributed by atoms with Crippen LogP contribution in [0.25, 0.3) is 11.3 Å². The fourth-order valence-electron chi connectivity index (χ4n) is 3.28. The maximum absolute atomic E-state index is 13.1. The van der Waals surface area contributed by atoms with Gasteiger partial charge in [-0.05, 0) is 24.3 Å². The number of imide groups is 1. The maximum Gasteiger partial charge on any atom is 0.260 e. The summed E-state index contributed by atoms with van der Waals surface area (Å²) in [5.74, 6) is -0.665. The van der Waals surface area contributed by atoms with Crippen LogP contribution in [0.3, 0.4) is 0 Å². The number of thiazole rings is 1. The molecule has 0 aliphatic carbocycles. The van der Waals surface area contributed by atoms with Crippen LogP contribution in [0.1, 0.15) is 23.2 Å². The third-order valence-corrected chi connectivity index (χ3v) is 5.64. The monoisotopic (exact) mass is 417 g/mol. The van der Waals surface area contributed by atoms with Crippen LogP contribution in [0, 0.1) is 0 Å². The largest absolute Gasteiger partial charge is 0.280 e. The first-order chi connectivity index (χ1) is 14.6. The predicted molar refractivity (Wildman–Crippen MR) is 118 cm³/mol. The molecule has 0 saturated carbocycles. The van der Waals surface area contributed by atoms with E-state index < -0.39 is 0 Å². The Bertz CT molecular complexity index is 1090. The van der Waals surface area contributed by atoms with Gasteiger partial charge in [0.2, 0.25) is 11.8 Å². The summed E-state index contributed by atoms with van der Waals surface area (Å²) < 4.78 is 0. The lowest BCUT2D eigenvalue weighted by molar-refractivity contribution is -0.121. The molecule has 0 unspecified atom stereocenters. The number of nitrogens with zero attached hydrogens (tertiary/aromatic N) is 3. The normalized spacial score (nSPS) is 13.5. The molecule has 30 heavy (non-hydrogen) atoms. The topological polar surface area (TPSA) is 70.6 Å². The molecule has 150 valence electrons. The van der Waals surface area contributed by atoms with E-state index in [0.29, 0.717) is 22.9 Å². The first-order valence-electron chi connectivity index (χ1n) is 9.48. The smallest absolute Gasteiger partial charge is 0.260 e. The van der Waals surface area contributed by atoms with Gasteiger partial charge in [-0.2, -0.15) is 0 Å². The van der Waals surface area contributed by atoms with E-state index in [0.717, 1.165) is 11.3 Å². The summed E-state index contributed by atoms with van der Waals surface area (Å²) >= 11 is 1.39. The zero-order valence-corrected chi connectivity index (χ0v) is 17.0. The molecule has 7 heteroatoms. The second kappa shape index (κ2) is 8.42. The van der Waals surface area contributed by atoms with Crippen molar-refractivity contribution in [2.24, 2.45) is 0 Å². The first kappa shape index (κ1) is 19.7. The Morgan fingerprint density at radius 3 is 2.37 bits per heavy atom. The van der Waals surface area contributed by atoms with Crippen LogP contribution in [0.2, 0.25) is 0 Å². The van der Waals surface area contributed by atoms with Crippen molar-refractivity contribution >= 4 is 39.9 Å². The molecule has 0 spiro atoms. The van der Waals surface area contributed by atoms with Crippen LogP contribution in [-0.2, 0) is 9.59 Å². The Hall–Kier alpha value is -3.58. The molecule has 1 aliphatic heterocycles. The average molecular weight is 417 g/mol. The van der Waals surface area contributed by atoms with E-state index in [1.54, 1.807) is 35.2 Å². The van der Waals surface area contributed by atoms with E-state index in [2.05, 4.69) is 11.6 Å². The molecule has 2 aromatic carbocycles. The Balaban J connectivity index is 1.58. The van der Waals surface area contributed by atoms with Crippen LogP contribution in [0.5, 0.6) is 0 Å². The molecule has 1 aromatic heterocycles. The Morgan fingerprint density at radius 1 is 1.07 bits per heavy atom. The van der Waals surface area contributed by atoms with Gasteiger partial charge in [0, 0.05) is 35.9 Å². The first-order valence-corrected chi connectivity index (χ1v) is 10.4. The number of benzene rings is 2. The zero-order chi connectivity index (χ0) is 21.1. The van der Waals surface area contributed by atoms with Gasteiger partial charge in [-0.3, -0.25) is 24.2 Å². The van der Waals surface area contributed by atoms with Crippen molar-refractivity contribution in [3.8, 4) is 11.3 Å². The lowest BCUT2D eigenvalue weighted by Gasteiger charge is -2.19. The fraction of sp³-hybridized carbons (Fsp3) is 0.130. The zero-order valence-electron chi connectivity index (χ0n) is 16.2. The number of hydrogen-bond donors (Lipinski definition) is 0. The van der Waals surface area contributed by atoms with Crippen LogP contribution in [-0.4, -0.2) is 29.3 Å². The molecule has 0 radical (unpaired) electrons. The number of amides is 3. The molecule has 1 saturated heterocycles. The van der Waals surface area contributed by atoms with E-state index in [-0.39, 0.29) is 30.6 Å². The quantitative estimate of drug-likeness (QED) is 0.443. The predicted octanol–water partition coefficient (Wildman–Crippen LogP) is 4.30. The minimum Gasteiger partial charge on any atom is -0.280 e.